The molecule has 0 bridgehead atoms. The molecule has 0 saturated heterocycles. The molecule has 0 fully saturated rings. The highest BCUT2D eigenvalue weighted by Crippen LogP contribution is 2.33. The number of rotatable bonds is 2. The van der Waals surface area contributed by atoms with Crippen LogP contribution in [-0.2, 0) is 29.8 Å². The normalized spacial score (nSPS) is 14.1. The van der Waals surface area contributed by atoms with Gasteiger partial charge in [-0.05, 0) is 46.5 Å². The quantitative estimate of drug-likeness (QED) is 0.347. The van der Waals surface area contributed by atoms with Crippen LogP contribution in [0.4, 0.5) is 0 Å². The van der Waals surface area contributed by atoms with E-state index in [1.54, 1.807) is 18.2 Å². The lowest BCUT2D eigenvalue weighted by Crippen LogP contribution is -2.09. The Labute approximate surface area is 171 Å². The Morgan fingerprint density at radius 3 is 1.63 bits per heavy atom. The Morgan fingerprint density at radius 1 is 0.567 bits per heavy atom. The van der Waals surface area contributed by atoms with Gasteiger partial charge in [0.15, 0.2) is 11.6 Å². The first-order valence-electron chi connectivity index (χ1n) is 8.32. The summed E-state index contributed by atoms with van der Waals surface area (Å²) in [6.45, 7) is 0. The lowest BCUT2D eigenvalue weighted by molar-refractivity contribution is -0.113. The van der Waals surface area contributed by atoms with Gasteiger partial charge in [-0.3, -0.25) is 18.7 Å². The number of ketones is 2. The lowest BCUT2D eigenvalue weighted by Gasteiger charge is -2.10. The highest BCUT2D eigenvalue weighted by atomic mass is 32.2. The van der Waals surface area contributed by atoms with Crippen LogP contribution in [0.25, 0.3) is 21.5 Å². The van der Waals surface area contributed by atoms with Crippen molar-refractivity contribution in [3.05, 3.63) is 72.8 Å². The maximum absolute atomic E-state index is 11.6. The van der Waals surface area contributed by atoms with Crippen molar-refractivity contribution in [3.8, 4) is 0 Å². The maximum atomic E-state index is 11.6. The average Bonchev–Trinajstić information content (AvgIpc) is 2.68. The van der Waals surface area contributed by atoms with Crippen molar-refractivity contribution in [2.45, 2.75) is 9.79 Å². The van der Waals surface area contributed by atoms with E-state index in [1.807, 2.05) is 12.1 Å². The first kappa shape index (κ1) is 21.5. The molecule has 3 aromatic rings. The summed E-state index contributed by atoms with van der Waals surface area (Å²) in [5.41, 5.74) is 0. The summed E-state index contributed by atoms with van der Waals surface area (Å²) < 4.78 is 64.6. The lowest BCUT2D eigenvalue weighted by atomic mass is 10.0. The molecule has 8 nitrogen and oxygen atoms in total. The van der Waals surface area contributed by atoms with Crippen LogP contribution < -0.4 is 0 Å². The van der Waals surface area contributed by atoms with Crippen LogP contribution in [0.2, 0.25) is 0 Å². The standard InChI is InChI=1S/C14H10O6S2.C6H4O2/c15-21(16,17)13-8-7-11-10-4-2-1-3-9(10)5-6-12(11)14(13)22(18,19)20;7-5-1-2-6(8)4-3-5/h1-8H,(H,15,16,17)(H,18,19,20);1-4H. The molecule has 10 heteroatoms. The van der Waals surface area contributed by atoms with Crippen molar-refractivity contribution in [2.75, 3.05) is 0 Å². The van der Waals surface area contributed by atoms with Crippen LogP contribution in [0.1, 0.15) is 0 Å². The second kappa shape index (κ2) is 7.92. The summed E-state index contributed by atoms with van der Waals surface area (Å²) in [7, 11) is -9.65. The van der Waals surface area contributed by atoms with Gasteiger partial charge in [0.2, 0.25) is 0 Å². The SMILES string of the molecule is O=C1C=CC(=O)C=C1.O=S(=O)(O)c1ccc2c(ccc3ccccc32)c1S(=O)(=O)O. The van der Waals surface area contributed by atoms with E-state index in [2.05, 4.69) is 0 Å². The number of fused-ring (bicyclic) bond motifs is 3. The number of allylic oxidation sites excluding steroid dienone is 4. The number of benzene rings is 3. The van der Waals surface area contributed by atoms with E-state index in [-0.39, 0.29) is 17.0 Å². The summed E-state index contributed by atoms with van der Waals surface area (Å²) >= 11 is 0. The third-order valence-corrected chi connectivity index (χ3v) is 6.18. The molecule has 1 aliphatic rings. The molecule has 0 unspecified atom stereocenters. The molecule has 1 aliphatic carbocycles. The predicted octanol–water partition coefficient (Wildman–Crippen LogP) is 2.74. The van der Waals surface area contributed by atoms with Gasteiger partial charge < -0.3 is 0 Å². The van der Waals surface area contributed by atoms with Crippen molar-refractivity contribution >= 4 is 53.3 Å². The minimum absolute atomic E-state index is 0.0244. The van der Waals surface area contributed by atoms with Crippen molar-refractivity contribution in [2.24, 2.45) is 0 Å². The van der Waals surface area contributed by atoms with Crippen molar-refractivity contribution in [1.29, 1.82) is 0 Å². The van der Waals surface area contributed by atoms with E-state index in [1.165, 1.54) is 36.4 Å². The highest BCUT2D eigenvalue weighted by molar-refractivity contribution is 7.89. The molecule has 2 N–H and O–H groups in total. The Morgan fingerprint density at radius 2 is 1.10 bits per heavy atom. The number of hydrogen-bond donors (Lipinski definition) is 2. The fourth-order valence-electron chi connectivity index (χ4n) is 2.95. The van der Waals surface area contributed by atoms with Crippen LogP contribution in [0.3, 0.4) is 0 Å². The fourth-order valence-corrected chi connectivity index (χ4v) is 4.94. The summed E-state index contributed by atoms with van der Waals surface area (Å²) in [5.74, 6) is -0.241. The Balaban J connectivity index is 0.000000269. The minimum Gasteiger partial charge on any atom is -0.290 e. The van der Waals surface area contributed by atoms with Crippen LogP contribution >= 0.6 is 0 Å². The summed E-state index contributed by atoms with van der Waals surface area (Å²) in [6, 6.07) is 12.5. The molecule has 30 heavy (non-hydrogen) atoms. The second-order valence-electron chi connectivity index (χ2n) is 6.20. The van der Waals surface area contributed by atoms with E-state index < -0.39 is 30.0 Å². The highest BCUT2D eigenvalue weighted by Gasteiger charge is 2.26. The van der Waals surface area contributed by atoms with E-state index in [4.69, 9.17) is 0 Å². The zero-order valence-electron chi connectivity index (χ0n) is 15.1. The van der Waals surface area contributed by atoms with Crippen LogP contribution in [0.15, 0.2) is 82.6 Å². The molecule has 0 spiro atoms. The number of hydrogen-bond acceptors (Lipinski definition) is 6. The smallest absolute Gasteiger partial charge is 0.290 e. The Bertz CT molecular complexity index is 1430. The second-order valence-corrected chi connectivity index (χ2v) is 8.94. The van der Waals surface area contributed by atoms with E-state index in [9.17, 15) is 35.5 Å². The topological polar surface area (TPSA) is 143 Å². The van der Waals surface area contributed by atoms with Gasteiger partial charge in [-0.1, -0.05) is 42.5 Å². The van der Waals surface area contributed by atoms with Gasteiger partial charge in [0.05, 0.1) is 0 Å². The Kier molecular flexibility index (Phi) is 5.68. The molecule has 3 aromatic carbocycles. The minimum atomic E-state index is -4.85. The molecule has 0 amide bonds. The first-order valence-corrected chi connectivity index (χ1v) is 11.2. The molecule has 0 heterocycles. The maximum Gasteiger partial charge on any atom is 0.296 e. The number of carbonyl (C=O) groups is 2. The molecule has 0 aliphatic heterocycles. The Hall–Kier alpha value is -3.18. The van der Waals surface area contributed by atoms with Gasteiger partial charge >= 0.3 is 0 Å². The zero-order valence-corrected chi connectivity index (χ0v) is 16.7. The van der Waals surface area contributed by atoms with Gasteiger partial charge in [-0.25, -0.2) is 0 Å². The van der Waals surface area contributed by atoms with Gasteiger partial charge in [0.25, 0.3) is 20.2 Å². The molecule has 154 valence electrons. The first-order chi connectivity index (χ1) is 14.0. The van der Waals surface area contributed by atoms with Gasteiger partial charge in [0.1, 0.15) is 9.79 Å². The predicted molar refractivity (Wildman–Crippen MR) is 109 cm³/mol. The van der Waals surface area contributed by atoms with Crippen molar-refractivity contribution in [3.63, 3.8) is 0 Å². The molecular formula is C20H14O8S2. The number of carbonyl (C=O) groups excluding carboxylic acids is 2. The molecule has 0 aromatic heterocycles. The molecule has 0 atom stereocenters. The van der Waals surface area contributed by atoms with Gasteiger partial charge in [-0.2, -0.15) is 16.8 Å². The van der Waals surface area contributed by atoms with Gasteiger partial charge in [0, 0.05) is 5.39 Å². The molecule has 0 saturated carbocycles. The van der Waals surface area contributed by atoms with E-state index in [0.29, 0.717) is 10.8 Å². The van der Waals surface area contributed by atoms with Crippen LogP contribution in [-0.4, -0.2) is 37.5 Å². The molecule has 0 radical (unpaired) electrons. The van der Waals surface area contributed by atoms with E-state index >= 15 is 0 Å². The van der Waals surface area contributed by atoms with Crippen molar-refractivity contribution < 1.29 is 35.5 Å². The average molecular weight is 446 g/mol. The van der Waals surface area contributed by atoms with Crippen LogP contribution in [0.5, 0.6) is 0 Å². The van der Waals surface area contributed by atoms with E-state index in [0.717, 1.165) is 11.5 Å². The fraction of sp³-hybridized carbons (Fsp3) is 0. The summed E-state index contributed by atoms with van der Waals surface area (Å²) in [5, 5.41) is 2.01. The third kappa shape index (κ3) is 4.52. The molecule has 4 rings (SSSR count). The monoisotopic (exact) mass is 446 g/mol. The van der Waals surface area contributed by atoms with Crippen molar-refractivity contribution in [1.82, 2.24) is 0 Å². The third-order valence-electron chi connectivity index (χ3n) is 4.20. The summed E-state index contributed by atoms with van der Waals surface area (Å²) in [6.07, 6.45) is 5.01. The zero-order chi connectivity index (χ0) is 22.1. The summed E-state index contributed by atoms with van der Waals surface area (Å²) in [4.78, 5) is 18.9. The molecular weight excluding hydrogens is 432 g/mol. The van der Waals surface area contributed by atoms with Gasteiger partial charge in [-0.15, -0.1) is 0 Å². The van der Waals surface area contributed by atoms with Crippen LogP contribution in [0, 0.1) is 0 Å². The largest absolute Gasteiger partial charge is 0.296 e.